The van der Waals surface area contributed by atoms with Crippen molar-refractivity contribution in [1.29, 1.82) is 0 Å². The number of carbonyl (C=O) groups excluding carboxylic acids is 8. The lowest BCUT2D eigenvalue weighted by molar-refractivity contribution is -0.145. The number of cyclic esters (lactones) is 1. The van der Waals surface area contributed by atoms with Crippen molar-refractivity contribution in [2.24, 2.45) is 88.8 Å². The molecule has 86 heavy (non-hydrogen) atoms. The van der Waals surface area contributed by atoms with Gasteiger partial charge in [0.05, 0.1) is 24.5 Å². The molecule has 2 aliphatic heterocycles. The minimum absolute atomic E-state index is 0. The fraction of sp³-hybridized carbons (Fsp3) is 0.836. The second-order valence-electron chi connectivity index (χ2n) is 23.7. The van der Waals surface area contributed by atoms with Crippen molar-refractivity contribution in [2.75, 3.05) is 6.61 Å². The summed E-state index contributed by atoms with van der Waals surface area (Å²) in [6.45, 7) is 44.7. The van der Waals surface area contributed by atoms with E-state index in [0.29, 0.717) is 79.2 Å². The van der Waals surface area contributed by atoms with Gasteiger partial charge in [-0.05, 0) is 161 Å². The number of carbonyl (C=O) groups is 8. The molecule has 0 aromatic carbocycles. The predicted molar refractivity (Wildman–Crippen MR) is 367 cm³/mol. The van der Waals surface area contributed by atoms with E-state index in [1.165, 1.54) is 6.92 Å². The number of hydrogen-bond donors (Lipinski definition) is 3. The molecule has 2 aliphatic rings. The van der Waals surface area contributed by atoms with Crippen LogP contribution in [0.25, 0.3) is 0 Å². The standard InChI is InChI=1S/2C13H24O.C11H20O2.C10H18O3.C10H16O3.C10H20O3.6CH4/c2*1-6-8-9-10(3)11(4)13(7-2)12(5)14;1-5-11(10(4)13)9(3)8(2)6-7-12;2*1-4-8(7(3)11)10-6(2)5-9(12)13-10;1-4-9(8(3)12)10(13)7(2)5-6-11;;;;;;/h2*6,8,10-11,13H,7,9H2,1-5H3;7-9,11H,5-6H2,1-4H3;6,8-10,12H,4-5H2,1-3H3;6,8,10H,4-5H2,1-3H3;7,9-11,13H,4-6H2,1-3H3;6*1H4/b8-6+;8-6-;;;;;;;;;;/t2*10-,11?,13+;8-,9?,11+;6-,8-,9?,10?;6-,8-,10?;7-,9-,10?;;;;;;/m111111....../s1. The number of aliphatic hydroxyl groups is 3. The van der Waals surface area contributed by atoms with E-state index in [9.17, 15) is 48.6 Å². The van der Waals surface area contributed by atoms with E-state index in [-0.39, 0.29) is 146 Å². The van der Waals surface area contributed by atoms with Gasteiger partial charge < -0.3 is 29.6 Å². The number of allylic oxidation sites excluding steroid dienone is 4. The summed E-state index contributed by atoms with van der Waals surface area (Å²) in [5, 5.41) is 27.7. The van der Waals surface area contributed by atoms with E-state index in [2.05, 4.69) is 72.8 Å². The molecule has 0 amide bonds. The second kappa shape index (κ2) is 59.1. The van der Waals surface area contributed by atoms with Crippen LogP contribution in [0, 0.1) is 88.8 Å². The van der Waals surface area contributed by atoms with Crippen LogP contribution in [-0.2, 0) is 47.8 Å². The van der Waals surface area contributed by atoms with Crippen LogP contribution in [0.2, 0.25) is 0 Å². The molecule has 7 unspecified atom stereocenters. The van der Waals surface area contributed by atoms with Gasteiger partial charge in [0, 0.05) is 55.0 Å². The smallest absolute Gasteiger partial charge is 0.306 e. The van der Waals surface area contributed by atoms with Crippen molar-refractivity contribution in [3.05, 3.63) is 24.3 Å². The predicted octanol–water partition coefficient (Wildman–Crippen LogP) is 17.8. The third kappa shape index (κ3) is 41.7. The quantitative estimate of drug-likeness (QED) is 0.0347. The van der Waals surface area contributed by atoms with E-state index in [0.717, 1.165) is 51.2 Å². The summed E-state index contributed by atoms with van der Waals surface area (Å²) < 4.78 is 10.5. The number of ketones is 6. The summed E-state index contributed by atoms with van der Waals surface area (Å²) in [5.74, 6) is 4.49. The summed E-state index contributed by atoms with van der Waals surface area (Å²) in [6.07, 6.45) is 17.3. The van der Waals surface area contributed by atoms with Crippen LogP contribution in [0.4, 0.5) is 0 Å². The van der Waals surface area contributed by atoms with Gasteiger partial charge in [0.1, 0.15) is 47.1 Å². The lowest BCUT2D eigenvalue weighted by Crippen LogP contribution is -2.32. The number of ether oxygens (including phenoxy) is 2. The van der Waals surface area contributed by atoms with Gasteiger partial charge in [-0.25, -0.2) is 0 Å². The van der Waals surface area contributed by atoms with Crippen molar-refractivity contribution >= 4 is 47.0 Å². The third-order valence-electron chi connectivity index (χ3n) is 17.5. The number of Topliss-reactive ketones (excluding diaryl/α,β-unsaturated/α-hetero) is 6. The zero-order chi connectivity index (χ0) is 63.2. The zero-order valence-corrected chi connectivity index (χ0v) is 55.0. The van der Waals surface area contributed by atoms with Gasteiger partial charge in [-0.1, -0.05) is 173 Å². The lowest BCUT2D eigenvalue weighted by Gasteiger charge is -2.25. The lowest BCUT2D eigenvalue weighted by atomic mass is 9.79. The van der Waals surface area contributed by atoms with Crippen LogP contribution in [0.3, 0.4) is 0 Å². The first kappa shape index (κ1) is 104. The first-order valence-electron chi connectivity index (χ1n) is 30.8. The van der Waals surface area contributed by atoms with Gasteiger partial charge in [0.2, 0.25) is 0 Å². The molecular formula is C73H146O13. The van der Waals surface area contributed by atoms with E-state index in [1.54, 1.807) is 34.6 Å². The van der Waals surface area contributed by atoms with Crippen LogP contribution in [0.15, 0.2) is 24.3 Å². The van der Waals surface area contributed by atoms with Crippen molar-refractivity contribution in [3.8, 4) is 0 Å². The monoisotopic (exact) mass is 1230 g/mol. The number of aliphatic hydroxyl groups excluding tert-OH is 3. The van der Waals surface area contributed by atoms with Gasteiger partial charge >= 0.3 is 5.97 Å². The SMILES string of the molecule is C.C.C.C.C.C.C/C=C/C[C@@H](C)C(C)[C@H](CC)C(C)=O.C/C=C\C[C@@H](C)C(C)[C@H](CC)C(C)=O.CC[C@H](C(C)=O)C(C)[C@H](C)CC=O.CC[C@H](C(C)=O)C(O)[C@H](C)CCO.CC[C@H](C(C)=O)C1OC(=O)C[C@H]1C.CC[C@H](C(C)=O)C1OC(O)C[C@H]1C. The van der Waals surface area contributed by atoms with Crippen LogP contribution >= 0.6 is 0 Å². The number of hydrogen-bond acceptors (Lipinski definition) is 13. The topological polar surface area (TPSA) is 216 Å². The number of rotatable bonds is 30. The fourth-order valence-electron chi connectivity index (χ4n) is 11.3. The first-order valence-corrected chi connectivity index (χ1v) is 30.8. The molecule has 2 heterocycles. The van der Waals surface area contributed by atoms with Gasteiger partial charge in [-0.2, -0.15) is 0 Å². The van der Waals surface area contributed by atoms with E-state index in [4.69, 9.17) is 14.6 Å². The maximum absolute atomic E-state index is 11.4. The summed E-state index contributed by atoms with van der Waals surface area (Å²) in [6, 6.07) is 0. The molecule has 0 spiro atoms. The Morgan fingerprint density at radius 1 is 0.512 bits per heavy atom. The maximum Gasteiger partial charge on any atom is 0.306 e. The molecule has 0 radical (unpaired) electrons. The minimum Gasteiger partial charge on any atom is -0.461 e. The Hall–Kier alpha value is -3.52. The van der Waals surface area contributed by atoms with Gasteiger partial charge in [0.15, 0.2) is 6.29 Å². The van der Waals surface area contributed by atoms with Gasteiger partial charge in [-0.3, -0.25) is 33.6 Å². The molecule has 0 saturated carbocycles. The molecular weight excluding hydrogens is 1080 g/mol. The molecule has 0 bridgehead atoms. The molecule has 19 atom stereocenters. The van der Waals surface area contributed by atoms with Crippen molar-refractivity contribution < 1.29 is 63.1 Å². The average Bonchev–Trinajstić information content (AvgIpc) is 3.90. The molecule has 2 fully saturated rings. The van der Waals surface area contributed by atoms with Crippen LogP contribution in [0.1, 0.15) is 281 Å². The van der Waals surface area contributed by atoms with Gasteiger partial charge in [0.25, 0.3) is 0 Å². The highest BCUT2D eigenvalue weighted by atomic mass is 16.6. The summed E-state index contributed by atoms with van der Waals surface area (Å²) in [5.41, 5.74) is 0. The Balaban J connectivity index is -0.0000000994. The Labute approximate surface area is 533 Å². The molecule has 0 aromatic rings. The highest BCUT2D eigenvalue weighted by Crippen LogP contribution is 2.33. The van der Waals surface area contributed by atoms with Gasteiger partial charge in [-0.15, -0.1) is 0 Å². The zero-order valence-electron chi connectivity index (χ0n) is 55.0. The van der Waals surface area contributed by atoms with E-state index >= 15 is 0 Å². The van der Waals surface area contributed by atoms with Crippen molar-refractivity contribution in [3.63, 3.8) is 0 Å². The Morgan fingerprint density at radius 2 is 0.837 bits per heavy atom. The summed E-state index contributed by atoms with van der Waals surface area (Å²) >= 11 is 0. The van der Waals surface area contributed by atoms with Crippen LogP contribution < -0.4 is 0 Å². The number of esters is 1. The summed E-state index contributed by atoms with van der Waals surface area (Å²) in [7, 11) is 0. The molecule has 0 aromatic heterocycles. The Bertz CT molecular complexity index is 1750. The maximum atomic E-state index is 11.4. The molecule has 13 heteroatoms. The fourth-order valence-corrected chi connectivity index (χ4v) is 11.3. The summed E-state index contributed by atoms with van der Waals surface area (Å²) in [4.78, 5) is 88.9. The number of aldehydes is 1. The van der Waals surface area contributed by atoms with Crippen LogP contribution in [0.5, 0.6) is 0 Å². The molecule has 0 aliphatic carbocycles. The molecule has 2 rings (SSSR count). The first-order chi connectivity index (χ1) is 37.3. The normalized spacial score (nSPS) is 21.2. The second-order valence-corrected chi connectivity index (χ2v) is 23.7. The largest absolute Gasteiger partial charge is 0.461 e. The molecule has 2 saturated heterocycles. The average molecular weight is 1230 g/mol. The van der Waals surface area contributed by atoms with Crippen molar-refractivity contribution in [2.45, 2.75) is 305 Å². The van der Waals surface area contributed by atoms with Crippen LogP contribution in [-0.4, -0.2) is 93.5 Å². The molecule has 516 valence electrons. The van der Waals surface area contributed by atoms with E-state index < -0.39 is 12.4 Å². The Kier molecular flexibility index (Phi) is 71.7. The highest BCUT2D eigenvalue weighted by molar-refractivity contribution is 5.81. The molecule has 3 N–H and O–H groups in total. The highest BCUT2D eigenvalue weighted by Gasteiger charge is 2.39. The molecule has 13 nitrogen and oxygen atoms in total. The minimum atomic E-state index is -0.673. The Morgan fingerprint density at radius 3 is 1.06 bits per heavy atom. The van der Waals surface area contributed by atoms with E-state index in [1.807, 2.05) is 69.2 Å². The van der Waals surface area contributed by atoms with Crippen molar-refractivity contribution in [1.82, 2.24) is 0 Å². The third-order valence-corrected chi connectivity index (χ3v) is 17.5.